The Kier molecular flexibility index (Phi) is 3.36. The van der Waals surface area contributed by atoms with E-state index in [1.165, 1.54) is 10.7 Å². The summed E-state index contributed by atoms with van der Waals surface area (Å²) in [5.41, 5.74) is 0.215. The number of methoxy groups -OCH3 is 1. The van der Waals surface area contributed by atoms with Gasteiger partial charge in [0.05, 0.1) is 13.3 Å². The second-order valence-electron chi connectivity index (χ2n) is 4.10. The summed E-state index contributed by atoms with van der Waals surface area (Å²) < 4.78 is 6.45. The Balaban J connectivity index is 1.84. The molecule has 0 saturated heterocycles. The number of rotatable bonds is 3. The summed E-state index contributed by atoms with van der Waals surface area (Å²) in [4.78, 5) is 27.8. The van der Waals surface area contributed by atoms with Gasteiger partial charge < -0.3 is 10.1 Å². The summed E-state index contributed by atoms with van der Waals surface area (Å²) in [5, 5.41) is 6.62. The van der Waals surface area contributed by atoms with E-state index in [0.29, 0.717) is 21.3 Å². The number of fused-ring (bicyclic) bond motifs is 1. The van der Waals surface area contributed by atoms with Gasteiger partial charge in [-0.25, -0.2) is 4.52 Å². The number of hydrogen-bond donors (Lipinski definition) is 1. The molecular weight excluding hydrogens is 292 g/mol. The van der Waals surface area contributed by atoms with Crippen molar-refractivity contribution in [2.24, 2.45) is 0 Å². The Morgan fingerprint density at radius 3 is 2.81 bits per heavy atom. The summed E-state index contributed by atoms with van der Waals surface area (Å²) in [5.74, 6) is 0.423. The molecule has 2 heterocycles. The van der Waals surface area contributed by atoms with Crippen LogP contribution in [0.4, 0.5) is 5.69 Å². The average molecular weight is 302 g/mol. The minimum Gasteiger partial charge on any atom is -0.497 e. The van der Waals surface area contributed by atoms with Gasteiger partial charge in [-0.3, -0.25) is 9.59 Å². The molecule has 8 heteroatoms. The van der Waals surface area contributed by atoms with Crippen molar-refractivity contribution in [3.8, 4) is 5.75 Å². The van der Waals surface area contributed by atoms with E-state index >= 15 is 0 Å². The van der Waals surface area contributed by atoms with Crippen LogP contribution in [-0.2, 0) is 0 Å². The molecule has 3 aromatic rings. The maximum atomic E-state index is 12.1. The number of anilines is 1. The maximum Gasteiger partial charge on any atom is 0.292 e. The number of amides is 1. The third kappa shape index (κ3) is 2.75. The monoisotopic (exact) mass is 302 g/mol. The van der Waals surface area contributed by atoms with Crippen molar-refractivity contribution in [1.29, 1.82) is 0 Å². The van der Waals surface area contributed by atoms with E-state index in [1.807, 2.05) is 0 Å². The minimum atomic E-state index is -0.432. The highest BCUT2D eigenvalue weighted by Crippen LogP contribution is 2.18. The number of carbonyl (C=O) groups is 1. The molecule has 0 saturated carbocycles. The lowest BCUT2D eigenvalue weighted by atomic mass is 10.3. The summed E-state index contributed by atoms with van der Waals surface area (Å²) in [6.07, 6.45) is 2.64. The normalized spacial score (nSPS) is 10.5. The first-order valence-corrected chi connectivity index (χ1v) is 6.78. The quantitative estimate of drug-likeness (QED) is 0.790. The van der Waals surface area contributed by atoms with E-state index in [1.54, 1.807) is 31.4 Å². The van der Waals surface area contributed by atoms with Crippen LogP contribution in [0.15, 0.2) is 41.5 Å². The lowest BCUT2D eigenvalue weighted by molar-refractivity contribution is 0.103. The molecule has 0 aliphatic rings. The molecule has 1 aromatic carbocycles. The highest BCUT2D eigenvalue weighted by atomic mass is 32.1. The van der Waals surface area contributed by atoms with Crippen LogP contribution in [-0.4, -0.2) is 27.6 Å². The van der Waals surface area contributed by atoms with Crippen molar-refractivity contribution < 1.29 is 9.53 Å². The molecule has 0 aliphatic carbocycles. The SMILES string of the molecule is COc1ccc(NC(=O)c2cn3ncc(=O)nc3s2)cc1. The Morgan fingerprint density at radius 2 is 2.10 bits per heavy atom. The van der Waals surface area contributed by atoms with Crippen molar-refractivity contribution in [3.05, 3.63) is 51.9 Å². The van der Waals surface area contributed by atoms with Gasteiger partial charge in [-0.1, -0.05) is 11.3 Å². The number of ether oxygens (including phenoxy) is 1. The Bertz CT molecular complexity index is 854. The number of carbonyl (C=O) groups excluding carboxylic acids is 1. The van der Waals surface area contributed by atoms with Gasteiger partial charge in [0.2, 0.25) is 4.96 Å². The second-order valence-corrected chi connectivity index (χ2v) is 5.11. The number of nitrogens with one attached hydrogen (secondary N) is 1. The van der Waals surface area contributed by atoms with E-state index < -0.39 is 5.56 Å². The first kappa shape index (κ1) is 13.3. The van der Waals surface area contributed by atoms with Crippen molar-refractivity contribution in [1.82, 2.24) is 14.6 Å². The number of thiazole rings is 1. The van der Waals surface area contributed by atoms with Gasteiger partial charge in [-0.2, -0.15) is 10.1 Å². The van der Waals surface area contributed by atoms with Gasteiger partial charge in [0, 0.05) is 5.69 Å². The van der Waals surface area contributed by atoms with Gasteiger partial charge in [0.1, 0.15) is 16.8 Å². The Labute approximate surface area is 122 Å². The zero-order valence-electron chi connectivity index (χ0n) is 10.9. The fraction of sp³-hybridized carbons (Fsp3) is 0.0769. The largest absolute Gasteiger partial charge is 0.497 e. The summed E-state index contributed by atoms with van der Waals surface area (Å²) in [7, 11) is 1.58. The topological polar surface area (TPSA) is 85.6 Å². The highest BCUT2D eigenvalue weighted by molar-refractivity contribution is 7.18. The molecule has 1 amide bonds. The van der Waals surface area contributed by atoms with Crippen LogP contribution in [0.2, 0.25) is 0 Å². The lowest BCUT2D eigenvalue weighted by Crippen LogP contribution is -2.10. The van der Waals surface area contributed by atoms with Crippen molar-refractivity contribution in [2.45, 2.75) is 0 Å². The van der Waals surface area contributed by atoms with Crippen LogP contribution >= 0.6 is 11.3 Å². The molecule has 7 nitrogen and oxygen atoms in total. The molecule has 0 atom stereocenters. The molecule has 0 aliphatic heterocycles. The first-order chi connectivity index (χ1) is 10.2. The Hall–Kier alpha value is -2.74. The third-order valence-electron chi connectivity index (χ3n) is 2.71. The van der Waals surface area contributed by atoms with Crippen LogP contribution < -0.4 is 15.6 Å². The highest BCUT2D eigenvalue weighted by Gasteiger charge is 2.12. The summed E-state index contributed by atoms with van der Waals surface area (Å²) >= 11 is 1.10. The molecule has 0 spiro atoms. The van der Waals surface area contributed by atoms with E-state index in [4.69, 9.17) is 4.74 Å². The molecule has 0 radical (unpaired) electrons. The van der Waals surface area contributed by atoms with Gasteiger partial charge in [0.15, 0.2) is 0 Å². The fourth-order valence-electron chi connectivity index (χ4n) is 1.70. The zero-order chi connectivity index (χ0) is 14.8. The van der Waals surface area contributed by atoms with E-state index in [9.17, 15) is 9.59 Å². The standard InChI is InChI=1S/C13H10N4O3S/c1-20-9-4-2-8(3-5-9)15-12(19)10-7-17-13(21-10)16-11(18)6-14-17/h2-7H,1H3,(H,15,19). The molecule has 0 unspecified atom stereocenters. The molecule has 106 valence electrons. The number of hydrogen-bond acceptors (Lipinski definition) is 6. The predicted molar refractivity (Wildman–Crippen MR) is 78.1 cm³/mol. The number of nitrogens with zero attached hydrogens (tertiary/aromatic N) is 3. The summed E-state index contributed by atoms with van der Waals surface area (Å²) in [6.45, 7) is 0. The molecule has 0 fully saturated rings. The van der Waals surface area contributed by atoms with Gasteiger partial charge >= 0.3 is 0 Å². The lowest BCUT2D eigenvalue weighted by Gasteiger charge is -2.04. The van der Waals surface area contributed by atoms with Crippen LogP contribution in [0.25, 0.3) is 4.96 Å². The predicted octanol–water partition coefficient (Wildman–Crippen LogP) is 1.41. The van der Waals surface area contributed by atoms with E-state index in [-0.39, 0.29) is 5.91 Å². The van der Waals surface area contributed by atoms with Crippen LogP contribution in [0.5, 0.6) is 5.75 Å². The number of benzene rings is 1. The summed E-state index contributed by atoms with van der Waals surface area (Å²) in [6, 6.07) is 6.98. The van der Waals surface area contributed by atoms with Gasteiger partial charge in [-0.15, -0.1) is 0 Å². The van der Waals surface area contributed by atoms with Crippen molar-refractivity contribution in [3.63, 3.8) is 0 Å². The van der Waals surface area contributed by atoms with Gasteiger partial charge in [-0.05, 0) is 24.3 Å². The maximum absolute atomic E-state index is 12.1. The van der Waals surface area contributed by atoms with E-state index in [0.717, 1.165) is 17.5 Å². The number of aromatic nitrogens is 3. The van der Waals surface area contributed by atoms with Crippen molar-refractivity contribution >= 4 is 27.9 Å². The molecule has 21 heavy (non-hydrogen) atoms. The Morgan fingerprint density at radius 1 is 1.33 bits per heavy atom. The van der Waals surface area contributed by atoms with Gasteiger partial charge in [0.25, 0.3) is 11.5 Å². The van der Waals surface area contributed by atoms with Crippen molar-refractivity contribution in [2.75, 3.05) is 12.4 Å². The van der Waals surface area contributed by atoms with E-state index in [2.05, 4.69) is 15.4 Å². The zero-order valence-corrected chi connectivity index (χ0v) is 11.8. The minimum absolute atomic E-state index is 0.287. The average Bonchev–Trinajstić information content (AvgIpc) is 2.91. The molecule has 2 aromatic heterocycles. The smallest absolute Gasteiger partial charge is 0.292 e. The van der Waals surface area contributed by atoms with Crippen LogP contribution in [0, 0.1) is 0 Å². The molecular formula is C13H10N4O3S. The van der Waals surface area contributed by atoms with Crippen LogP contribution in [0.1, 0.15) is 9.67 Å². The third-order valence-corrected chi connectivity index (χ3v) is 3.68. The van der Waals surface area contributed by atoms with Crippen LogP contribution in [0.3, 0.4) is 0 Å². The fourth-order valence-corrected chi connectivity index (χ4v) is 2.52. The first-order valence-electron chi connectivity index (χ1n) is 5.96. The second kappa shape index (κ2) is 5.33. The molecule has 1 N–H and O–H groups in total. The molecule has 3 rings (SSSR count). The molecule has 0 bridgehead atoms.